The maximum atomic E-state index is 12.4. The van der Waals surface area contributed by atoms with E-state index in [0.29, 0.717) is 6.42 Å². The molecule has 47 heavy (non-hydrogen) atoms. The summed E-state index contributed by atoms with van der Waals surface area (Å²) in [5, 5.41) is 0. The fraction of sp³-hybridized carbons (Fsp3) is 0.972. The standard InChI is InChI=1S/C36H88O3Si8/c1-20-21-22-23-24-25-26-27-28-29-30-31-35(38-46(40(2,3)4,41(5,6)7)42(8,9)10)34-36(32-33-37)39-47(43(11,12)13,44(14,15)16)45(17,18)19/h33,35-36H,20-32,34H2,1-19H3/t35-,36+/m0/s1. The quantitative estimate of drug-likeness (QED) is 0.0497. The summed E-state index contributed by atoms with van der Waals surface area (Å²) in [5.41, 5.74) is 0. The zero-order chi connectivity index (χ0) is 37.2. The van der Waals surface area contributed by atoms with E-state index >= 15 is 0 Å². The highest BCUT2D eigenvalue weighted by molar-refractivity contribution is 7.88. The maximum Gasteiger partial charge on any atom is 0.158 e. The van der Waals surface area contributed by atoms with Gasteiger partial charge in [-0.15, -0.1) is 0 Å². The van der Waals surface area contributed by atoms with Crippen molar-refractivity contribution in [2.24, 2.45) is 0 Å². The minimum atomic E-state index is -2.06. The van der Waals surface area contributed by atoms with Crippen LogP contribution in [0, 0.1) is 0 Å². The van der Waals surface area contributed by atoms with Crippen molar-refractivity contribution in [3.63, 3.8) is 0 Å². The summed E-state index contributed by atoms with van der Waals surface area (Å²) < 4.78 is 15.9. The molecule has 0 unspecified atom stereocenters. The van der Waals surface area contributed by atoms with Crippen molar-refractivity contribution in [3.05, 3.63) is 0 Å². The number of hydrogen-bond donors (Lipinski definition) is 0. The van der Waals surface area contributed by atoms with Gasteiger partial charge in [-0.25, -0.2) is 0 Å². The molecule has 0 bridgehead atoms. The molecule has 0 rings (SSSR count). The van der Waals surface area contributed by atoms with Crippen molar-refractivity contribution in [1.29, 1.82) is 0 Å². The summed E-state index contributed by atoms with van der Waals surface area (Å²) in [6.07, 6.45) is 19.1. The predicted octanol–water partition coefficient (Wildman–Crippen LogP) is 12.8. The van der Waals surface area contributed by atoms with Crippen molar-refractivity contribution in [1.82, 2.24) is 0 Å². The van der Waals surface area contributed by atoms with Gasteiger partial charge >= 0.3 is 0 Å². The topological polar surface area (TPSA) is 35.5 Å². The lowest BCUT2D eigenvalue weighted by Crippen LogP contribution is -2.85. The van der Waals surface area contributed by atoms with Crippen molar-refractivity contribution in [3.8, 4) is 0 Å². The van der Waals surface area contributed by atoms with Crippen molar-refractivity contribution < 1.29 is 13.6 Å². The third-order valence-corrected chi connectivity index (χ3v) is 146. The first-order valence-electron chi connectivity index (χ1n) is 19.9. The fourth-order valence-electron chi connectivity index (χ4n) is 11.2. The summed E-state index contributed by atoms with van der Waals surface area (Å²) in [6, 6.07) is 0. The summed E-state index contributed by atoms with van der Waals surface area (Å²) >= 11 is 0. The van der Waals surface area contributed by atoms with Crippen LogP contribution in [0.4, 0.5) is 0 Å². The van der Waals surface area contributed by atoms with Gasteiger partial charge in [0.05, 0.1) is 51.7 Å². The van der Waals surface area contributed by atoms with Gasteiger partial charge in [0.25, 0.3) is 0 Å². The maximum absolute atomic E-state index is 12.4. The highest BCUT2D eigenvalue weighted by Gasteiger charge is 2.66. The molecule has 0 N–H and O–H groups in total. The van der Waals surface area contributed by atoms with E-state index in [1.165, 1.54) is 76.9 Å². The average Bonchev–Trinajstić information content (AvgIpc) is 2.83. The van der Waals surface area contributed by atoms with Gasteiger partial charge in [0.1, 0.15) is 6.29 Å². The van der Waals surface area contributed by atoms with Gasteiger partial charge in [-0.3, -0.25) is 0 Å². The Balaban J connectivity index is 6.49. The van der Waals surface area contributed by atoms with Crippen LogP contribution < -0.4 is 0 Å². The highest BCUT2D eigenvalue weighted by atomic mass is 29.9. The van der Waals surface area contributed by atoms with Gasteiger partial charge in [-0.05, 0) is 12.8 Å². The van der Waals surface area contributed by atoms with E-state index in [0.717, 1.165) is 12.8 Å². The second-order valence-electron chi connectivity index (χ2n) is 21.3. The third kappa shape index (κ3) is 13.4. The van der Waals surface area contributed by atoms with E-state index in [2.05, 4.69) is 125 Å². The first-order chi connectivity index (χ1) is 21.1. The van der Waals surface area contributed by atoms with E-state index in [4.69, 9.17) is 8.85 Å². The Morgan fingerprint density at radius 2 is 0.702 bits per heavy atom. The molecule has 0 aromatic rings. The Kier molecular flexibility index (Phi) is 20.0. The highest BCUT2D eigenvalue weighted by Crippen LogP contribution is 2.42. The second kappa shape index (κ2) is 19.4. The lowest BCUT2D eigenvalue weighted by atomic mass is 10.0. The molecule has 0 aromatic carbocycles. The molecule has 282 valence electrons. The summed E-state index contributed by atoms with van der Waals surface area (Å²) in [6.45, 7) is 45.5. The zero-order valence-corrected chi connectivity index (χ0v) is 43.9. The van der Waals surface area contributed by atoms with Crippen LogP contribution in [-0.2, 0) is 13.6 Å². The molecule has 0 radical (unpaired) electrons. The SMILES string of the molecule is CCCCCCCCCCCCC[C@@H](C[C@@H](CC=O)O[Si]([Si](C)(C)C)([Si](C)(C)C)[Si](C)(C)C)O[Si]([Si](C)(C)C)([Si](C)(C)C)[Si](C)(C)C. The molecule has 0 fully saturated rings. The molecule has 3 nitrogen and oxygen atoms in total. The van der Waals surface area contributed by atoms with Gasteiger partial charge in [-0.1, -0.05) is 195 Å². The molecule has 2 atom stereocenters. The molecule has 0 aliphatic carbocycles. The molecule has 0 aliphatic heterocycles. The molecule has 0 aromatic heterocycles. The van der Waals surface area contributed by atoms with Crippen LogP contribution in [0.3, 0.4) is 0 Å². The van der Waals surface area contributed by atoms with E-state index in [-0.39, 0.29) is 12.2 Å². The second-order valence-corrected chi connectivity index (χ2v) is 100. The molecule has 11 heteroatoms. The van der Waals surface area contributed by atoms with E-state index in [9.17, 15) is 4.79 Å². The molecule has 0 aliphatic rings. The largest absolute Gasteiger partial charge is 0.423 e. The fourth-order valence-corrected chi connectivity index (χ4v) is 200. The van der Waals surface area contributed by atoms with Gasteiger partial charge in [0.2, 0.25) is 0 Å². The van der Waals surface area contributed by atoms with Gasteiger partial charge in [-0.2, -0.15) is 0 Å². The van der Waals surface area contributed by atoms with Crippen molar-refractivity contribution >= 4 is 65.6 Å². The van der Waals surface area contributed by atoms with Crippen LogP contribution in [0.1, 0.15) is 96.8 Å². The smallest absolute Gasteiger partial charge is 0.158 e. The Morgan fingerprint density at radius 1 is 0.426 bits per heavy atom. The van der Waals surface area contributed by atoms with Gasteiger partial charge < -0.3 is 13.6 Å². The Morgan fingerprint density at radius 3 is 0.979 bits per heavy atom. The monoisotopic (exact) mass is 792 g/mol. The third-order valence-electron chi connectivity index (χ3n) is 11.0. The predicted molar refractivity (Wildman–Crippen MR) is 238 cm³/mol. The molecule has 0 spiro atoms. The number of rotatable bonds is 26. The minimum absolute atomic E-state index is 0.0126. The number of carbonyl (C=O) groups is 1. The number of unbranched alkanes of at least 4 members (excludes halogenated alkanes) is 10. The van der Waals surface area contributed by atoms with Gasteiger partial charge in [0.15, 0.2) is 13.7 Å². The van der Waals surface area contributed by atoms with Crippen LogP contribution in [-0.4, -0.2) is 77.8 Å². The number of aldehydes is 1. The summed E-state index contributed by atoms with van der Waals surface area (Å²) in [7, 11) is -9.69. The number of hydrogen-bond acceptors (Lipinski definition) is 3. The normalized spacial score (nSPS) is 16.0. The van der Waals surface area contributed by atoms with E-state index in [1.54, 1.807) is 0 Å². The van der Waals surface area contributed by atoms with E-state index < -0.39 is 59.3 Å². The zero-order valence-electron chi connectivity index (χ0n) is 35.9. The molecule has 0 saturated carbocycles. The first kappa shape index (κ1) is 48.3. The molecule has 0 heterocycles. The molecule has 0 saturated heterocycles. The van der Waals surface area contributed by atoms with Crippen LogP contribution >= 0.6 is 0 Å². The minimum Gasteiger partial charge on any atom is -0.423 e. The van der Waals surface area contributed by atoms with Crippen molar-refractivity contribution in [2.75, 3.05) is 0 Å². The molecular formula is C36H88O3Si8. The Labute approximate surface area is 304 Å². The lowest BCUT2D eigenvalue weighted by molar-refractivity contribution is -0.109. The summed E-state index contributed by atoms with van der Waals surface area (Å²) in [5.74, 6) is 0. The Bertz CT molecular complexity index is 815. The molecule has 0 amide bonds. The van der Waals surface area contributed by atoms with Crippen LogP contribution in [0.5, 0.6) is 0 Å². The van der Waals surface area contributed by atoms with E-state index in [1.807, 2.05) is 0 Å². The first-order valence-corrected chi connectivity index (χ1v) is 50.7. The number of carbonyl (C=O) groups excluding carboxylic acids is 1. The van der Waals surface area contributed by atoms with Crippen LogP contribution in [0.2, 0.25) is 118 Å². The van der Waals surface area contributed by atoms with Crippen LogP contribution in [0.25, 0.3) is 0 Å². The van der Waals surface area contributed by atoms with Gasteiger partial charge in [0, 0.05) is 12.5 Å². The Hall–Kier alpha value is 1.33. The lowest BCUT2D eigenvalue weighted by Gasteiger charge is -2.59. The summed E-state index contributed by atoms with van der Waals surface area (Å²) in [4.78, 5) is 12.4. The van der Waals surface area contributed by atoms with Crippen LogP contribution in [0.15, 0.2) is 0 Å². The van der Waals surface area contributed by atoms with Crippen molar-refractivity contribution in [2.45, 2.75) is 227 Å². The molecular weight excluding hydrogens is 705 g/mol. The average molecular weight is 794 g/mol.